The van der Waals surface area contributed by atoms with Crippen molar-refractivity contribution in [3.8, 4) is 0 Å². The number of piperidine rings is 1. The molecule has 1 aromatic heterocycles. The minimum absolute atomic E-state index is 0.0200. The first-order chi connectivity index (χ1) is 12.8. The Bertz CT molecular complexity index is 849. The number of pyridine rings is 1. The standard InChI is InChI=1S/C22H26FN3O/c1-15-5-4-6-19(24-15)21(27)25-12-11-20-16(14-25)13-22(2,3)26(20)18-9-7-17(23)8-10-18/h4-10,16,20H,11-14H2,1-3H3/t16-,20+/m1/s1. The zero-order valence-electron chi connectivity index (χ0n) is 16.2. The molecule has 2 atom stereocenters. The van der Waals surface area contributed by atoms with Crippen molar-refractivity contribution >= 4 is 11.6 Å². The van der Waals surface area contributed by atoms with Gasteiger partial charge in [0.2, 0.25) is 0 Å². The average Bonchev–Trinajstić information content (AvgIpc) is 2.91. The molecule has 2 saturated heterocycles. The Labute approximate surface area is 160 Å². The summed E-state index contributed by atoms with van der Waals surface area (Å²) >= 11 is 0. The van der Waals surface area contributed by atoms with E-state index in [0.29, 0.717) is 17.7 Å². The van der Waals surface area contributed by atoms with Gasteiger partial charge in [-0.05, 0) is 75.9 Å². The monoisotopic (exact) mass is 367 g/mol. The first-order valence-corrected chi connectivity index (χ1v) is 9.63. The second kappa shape index (κ2) is 6.63. The lowest BCUT2D eigenvalue weighted by Crippen LogP contribution is -2.50. The Morgan fingerprint density at radius 2 is 1.93 bits per heavy atom. The zero-order valence-corrected chi connectivity index (χ0v) is 16.2. The van der Waals surface area contributed by atoms with Crippen LogP contribution in [0.3, 0.4) is 0 Å². The lowest BCUT2D eigenvalue weighted by atomic mass is 9.89. The van der Waals surface area contributed by atoms with Crippen molar-refractivity contribution in [3.63, 3.8) is 0 Å². The summed E-state index contributed by atoms with van der Waals surface area (Å²) in [6.45, 7) is 7.86. The van der Waals surface area contributed by atoms with E-state index < -0.39 is 0 Å². The SMILES string of the molecule is Cc1cccc(C(=O)N2CC[C@H]3[C@@H](C2)CC(C)(C)N3c2ccc(F)cc2)n1. The van der Waals surface area contributed by atoms with Crippen molar-refractivity contribution in [1.29, 1.82) is 0 Å². The molecule has 0 N–H and O–H groups in total. The first-order valence-electron chi connectivity index (χ1n) is 9.63. The summed E-state index contributed by atoms with van der Waals surface area (Å²) in [7, 11) is 0. The van der Waals surface area contributed by atoms with Crippen LogP contribution in [0.2, 0.25) is 0 Å². The number of anilines is 1. The van der Waals surface area contributed by atoms with Crippen LogP contribution in [-0.4, -0.2) is 40.5 Å². The second-order valence-corrected chi connectivity index (χ2v) is 8.39. The molecular weight excluding hydrogens is 341 g/mol. The number of nitrogens with zero attached hydrogens (tertiary/aromatic N) is 3. The number of rotatable bonds is 2. The number of halogens is 1. The van der Waals surface area contributed by atoms with Gasteiger partial charge in [0.15, 0.2) is 0 Å². The van der Waals surface area contributed by atoms with Gasteiger partial charge < -0.3 is 9.80 Å². The van der Waals surface area contributed by atoms with Crippen LogP contribution in [-0.2, 0) is 0 Å². The molecule has 5 heteroatoms. The van der Waals surface area contributed by atoms with E-state index in [9.17, 15) is 9.18 Å². The smallest absolute Gasteiger partial charge is 0.272 e. The number of aryl methyl sites for hydroxylation is 1. The number of hydrogen-bond acceptors (Lipinski definition) is 3. The van der Waals surface area contributed by atoms with Crippen LogP contribution in [0.5, 0.6) is 0 Å². The molecule has 142 valence electrons. The maximum atomic E-state index is 13.4. The van der Waals surface area contributed by atoms with Gasteiger partial charge in [-0.2, -0.15) is 0 Å². The highest BCUT2D eigenvalue weighted by atomic mass is 19.1. The van der Waals surface area contributed by atoms with Crippen LogP contribution >= 0.6 is 0 Å². The molecular formula is C22H26FN3O. The Kier molecular flexibility index (Phi) is 4.41. The summed E-state index contributed by atoms with van der Waals surface area (Å²) in [6, 6.07) is 12.8. The predicted molar refractivity (Wildman–Crippen MR) is 104 cm³/mol. The fourth-order valence-corrected chi connectivity index (χ4v) is 4.90. The van der Waals surface area contributed by atoms with Gasteiger partial charge in [0.05, 0.1) is 0 Å². The molecule has 1 aromatic carbocycles. The number of hydrogen-bond donors (Lipinski definition) is 0. The van der Waals surface area contributed by atoms with E-state index in [1.165, 1.54) is 12.1 Å². The molecule has 27 heavy (non-hydrogen) atoms. The quantitative estimate of drug-likeness (QED) is 0.803. The number of aromatic nitrogens is 1. The van der Waals surface area contributed by atoms with Crippen molar-refractivity contribution in [2.24, 2.45) is 5.92 Å². The van der Waals surface area contributed by atoms with Crippen molar-refractivity contribution in [3.05, 3.63) is 59.7 Å². The van der Waals surface area contributed by atoms with Crippen LogP contribution in [0, 0.1) is 18.7 Å². The second-order valence-electron chi connectivity index (χ2n) is 8.39. The van der Waals surface area contributed by atoms with Gasteiger partial charge in [0.1, 0.15) is 11.5 Å². The van der Waals surface area contributed by atoms with Crippen LogP contribution in [0.25, 0.3) is 0 Å². The highest BCUT2D eigenvalue weighted by Crippen LogP contribution is 2.44. The van der Waals surface area contributed by atoms with E-state index >= 15 is 0 Å². The highest BCUT2D eigenvalue weighted by Gasteiger charge is 2.48. The fourth-order valence-electron chi connectivity index (χ4n) is 4.90. The largest absolute Gasteiger partial charge is 0.363 e. The highest BCUT2D eigenvalue weighted by molar-refractivity contribution is 5.92. The molecule has 4 rings (SSSR count). The van der Waals surface area contributed by atoms with Crippen molar-refractivity contribution in [2.75, 3.05) is 18.0 Å². The summed E-state index contributed by atoms with van der Waals surface area (Å²) in [4.78, 5) is 21.7. The Balaban J connectivity index is 1.54. The number of amides is 1. The zero-order chi connectivity index (χ0) is 19.2. The van der Waals surface area contributed by atoms with Gasteiger partial charge in [0, 0.05) is 36.1 Å². The summed E-state index contributed by atoms with van der Waals surface area (Å²) < 4.78 is 13.4. The third-order valence-electron chi connectivity index (χ3n) is 5.94. The summed E-state index contributed by atoms with van der Waals surface area (Å²) in [5.41, 5.74) is 2.43. The molecule has 2 aliphatic heterocycles. The van der Waals surface area contributed by atoms with E-state index in [4.69, 9.17) is 0 Å². The minimum Gasteiger partial charge on any atom is -0.363 e. The molecule has 0 aliphatic carbocycles. The fraction of sp³-hybridized carbons (Fsp3) is 0.455. The maximum Gasteiger partial charge on any atom is 0.272 e. The summed E-state index contributed by atoms with van der Waals surface area (Å²) in [6.07, 6.45) is 1.93. The van der Waals surface area contributed by atoms with E-state index in [1.54, 1.807) is 6.07 Å². The third-order valence-corrected chi connectivity index (χ3v) is 5.94. The number of carbonyl (C=O) groups excluding carboxylic acids is 1. The van der Waals surface area contributed by atoms with E-state index in [2.05, 4.69) is 23.7 Å². The predicted octanol–water partition coefficient (Wildman–Crippen LogP) is 4.05. The van der Waals surface area contributed by atoms with E-state index in [0.717, 1.165) is 37.3 Å². The molecule has 0 radical (unpaired) electrons. The summed E-state index contributed by atoms with van der Waals surface area (Å²) in [5.74, 6) is 0.223. The van der Waals surface area contributed by atoms with Gasteiger partial charge in [0.25, 0.3) is 5.91 Å². The molecule has 2 aliphatic rings. The van der Waals surface area contributed by atoms with Gasteiger partial charge in [-0.3, -0.25) is 4.79 Å². The van der Waals surface area contributed by atoms with Crippen LogP contribution in [0.4, 0.5) is 10.1 Å². The number of carbonyl (C=O) groups is 1. The van der Waals surface area contributed by atoms with Gasteiger partial charge in [-0.1, -0.05) is 6.07 Å². The summed E-state index contributed by atoms with van der Waals surface area (Å²) in [5, 5.41) is 0. The van der Waals surface area contributed by atoms with Gasteiger partial charge in [-0.15, -0.1) is 0 Å². The van der Waals surface area contributed by atoms with E-state index in [1.807, 2.05) is 36.1 Å². The Hall–Kier alpha value is -2.43. The average molecular weight is 367 g/mol. The third kappa shape index (κ3) is 3.31. The molecule has 3 heterocycles. The van der Waals surface area contributed by atoms with Gasteiger partial charge in [-0.25, -0.2) is 9.37 Å². The molecule has 0 unspecified atom stereocenters. The van der Waals surface area contributed by atoms with Crippen molar-refractivity contribution in [1.82, 2.24) is 9.88 Å². The number of likely N-dealkylation sites (tertiary alicyclic amines) is 1. The van der Waals surface area contributed by atoms with Gasteiger partial charge >= 0.3 is 0 Å². The van der Waals surface area contributed by atoms with E-state index in [-0.39, 0.29) is 17.3 Å². The number of fused-ring (bicyclic) bond motifs is 1. The van der Waals surface area contributed by atoms with Crippen molar-refractivity contribution in [2.45, 2.75) is 45.2 Å². The molecule has 0 saturated carbocycles. The molecule has 0 spiro atoms. The molecule has 2 aromatic rings. The number of benzene rings is 1. The lowest BCUT2D eigenvalue weighted by molar-refractivity contribution is 0.0661. The normalized spacial score (nSPS) is 24.0. The lowest BCUT2D eigenvalue weighted by Gasteiger charge is -2.41. The van der Waals surface area contributed by atoms with Crippen LogP contribution < -0.4 is 4.90 Å². The van der Waals surface area contributed by atoms with Crippen molar-refractivity contribution < 1.29 is 9.18 Å². The topological polar surface area (TPSA) is 36.4 Å². The maximum absolute atomic E-state index is 13.4. The molecule has 1 amide bonds. The molecule has 2 fully saturated rings. The molecule has 0 bridgehead atoms. The Morgan fingerprint density at radius 1 is 1.19 bits per heavy atom. The first kappa shape index (κ1) is 18.0. The van der Waals surface area contributed by atoms with Crippen LogP contribution in [0.15, 0.2) is 42.5 Å². The molecule has 4 nitrogen and oxygen atoms in total. The minimum atomic E-state index is -0.210. The Morgan fingerprint density at radius 3 is 2.63 bits per heavy atom. The van der Waals surface area contributed by atoms with Crippen LogP contribution in [0.1, 0.15) is 42.9 Å².